The molecule has 1 unspecified atom stereocenters. The molecule has 4 rings (SSSR count). The molecule has 0 fully saturated rings. The van der Waals surface area contributed by atoms with E-state index in [1.807, 2.05) is 43.3 Å². The van der Waals surface area contributed by atoms with Gasteiger partial charge in [-0.2, -0.15) is 0 Å². The topological polar surface area (TPSA) is 38.0 Å². The highest BCUT2D eigenvalue weighted by molar-refractivity contribution is 5.83. The van der Waals surface area contributed by atoms with Gasteiger partial charge in [-0.25, -0.2) is 4.98 Å². The van der Waals surface area contributed by atoms with Gasteiger partial charge in [-0.1, -0.05) is 48.5 Å². The number of aliphatic hydroxyl groups is 1. The first-order valence-corrected chi connectivity index (χ1v) is 8.31. The number of benzene rings is 3. The second kappa shape index (κ2) is 6.10. The Bertz CT molecular complexity index is 1000. The number of fused-ring (bicyclic) bond motifs is 2. The van der Waals surface area contributed by atoms with Gasteiger partial charge >= 0.3 is 0 Å². The summed E-state index contributed by atoms with van der Waals surface area (Å²) in [6.45, 7) is 2.77. The summed E-state index contributed by atoms with van der Waals surface area (Å²) in [6, 6.07) is 22.5. The molecule has 24 heavy (non-hydrogen) atoms. The number of imidazole rings is 1. The summed E-state index contributed by atoms with van der Waals surface area (Å²) in [5.41, 5.74) is 3.10. The lowest BCUT2D eigenvalue weighted by atomic mass is 10.0. The predicted molar refractivity (Wildman–Crippen MR) is 98.0 cm³/mol. The van der Waals surface area contributed by atoms with Crippen LogP contribution in [0.3, 0.4) is 0 Å². The number of hydrogen-bond acceptors (Lipinski definition) is 2. The van der Waals surface area contributed by atoms with Crippen molar-refractivity contribution < 1.29 is 5.11 Å². The van der Waals surface area contributed by atoms with Gasteiger partial charge in [0.2, 0.25) is 0 Å². The summed E-state index contributed by atoms with van der Waals surface area (Å²) in [4.78, 5) is 4.59. The van der Waals surface area contributed by atoms with Crippen molar-refractivity contribution in [2.24, 2.45) is 0 Å². The monoisotopic (exact) mass is 316 g/mol. The van der Waals surface area contributed by atoms with Crippen molar-refractivity contribution in [3.63, 3.8) is 0 Å². The van der Waals surface area contributed by atoms with Crippen LogP contribution in [0.25, 0.3) is 21.8 Å². The van der Waals surface area contributed by atoms with Crippen molar-refractivity contribution in [1.82, 2.24) is 9.55 Å². The highest BCUT2D eigenvalue weighted by Crippen LogP contribution is 2.24. The fourth-order valence-electron chi connectivity index (χ4n) is 3.31. The summed E-state index contributed by atoms with van der Waals surface area (Å²) in [5, 5.41) is 13.0. The number of aliphatic hydroxyl groups excluding tert-OH is 1. The summed E-state index contributed by atoms with van der Waals surface area (Å²) in [7, 11) is 0. The standard InChI is InChI=1S/C21H20N2O/c1-15-22-19-8-4-5-9-20(19)23(15)13-12-21(24)18-11-10-16-6-2-3-7-17(16)14-18/h2-11,14,21,24H,12-13H2,1H3. The molecule has 120 valence electrons. The van der Waals surface area contributed by atoms with E-state index in [0.717, 1.165) is 29.0 Å². The largest absolute Gasteiger partial charge is 0.388 e. The Balaban J connectivity index is 1.56. The van der Waals surface area contributed by atoms with E-state index >= 15 is 0 Å². The molecule has 1 atom stereocenters. The summed E-state index contributed by atoms with van der Waals surface area (Å²) in [5.74, 6) is 0.988. The van der Waals surface area contributed by atoms with Gasteiger partial charge in [0, 0.05) is 6.54 Å². The Morgan fingerprint density at radius 3 is 2.58 bits per heavy atom. The van der Waals surface area contributed by atoms with Crippen molar-refractivity contribution in [3.8, 4) is 0 Å². The Morgan fingerprint density at radius 2 is 1.71 bits per heavy atom. The first-order valence-electron chi connectivity index (χ1n) is 8.31. The summed E-state index contributed by atoms with van der Waals surface area (Å²) >= 11 is 0. The molecule has 3 nitrogen and oxygen atoms in total. The molecule has 0 radical (unpaired) electrons. The lowest BCUT2D eigenvalue weighted by Crippen LogP contribution is -2.06. The van der Waals surface area contributed by atoms with E-state index in [1.54, 1.807) is 0 Å². The van der Waals surface area contributed by atoms with Gasteiger partial charge in [-0.05, 0) is 47.9 Å². The fourth-order valence-corrected chi connectivity index (χ4v) is 3.31. The number of aryl methyl sites for hydroxylation is 2. The lowest BCUT2D eigenvalue weighted by molar-refractivity contribution is 0.161. The first-order chi connectivity index (χ1) is 11.7. The van der Waals surface area contributed by atoms with Crippen LogP contribution in [0.5, 0.6) is 0 Å². The van der Waals surface area contributed by atoms with Crippen LogP contribution in [-0.2, 0) is 6.54 Å². The number of aromatic nitrogens is 2. The van der Waals surface area contributed by atoms with Crippen LogP contribution in [0.2, 0.25) is 0 Å². The Labute approximate surface area is 141 Å². The van der Waals surface area contributed by atoms with Gasteiger partial charge < -0.3 is 9.67 Å². The van der Waals surface area contributed by atoms with E-state index in [1.165, 1.54) is 10.8 Å². The molecule has 0 amide bonds. The van der Waals surface area contributed by atoms with Crippen molar-refractivity contribution in [1.29, 1.82) is 0 Å². The molecule has 3 heteroatoms. The fraction of sp³-hybridized carbons (Fsp3) is 0.190. The quantitative estimate of drug-likeness (QED) is 0.596. The number of rotatable bonds is 4. The molecule has 0 aliphatic carbocycles. The zero-order valence-corrected chi connectivity index (χ0v) is 13.7. The van der Waals surface area contributed by atoms with Crippen LogP contribution < -0.4 is 0 Å². The van der Waals surface area contributed by atoms with E-state index in [0.29, 0.717) is 6.42 Å². The van der Waals surface area contributed by atoms with Crippen LogP contribution >= 0.6 is 0 Å². The van der Waals surface area contributed by atoms with Crippen molar-refractivity contribution in [2.45, 2.75) is 26.0 Å². The molecule has 0 spiro atoms. The molecule has 0 saturated carbocycles. The van der Waals surface area contributed by atoms with E-state index in [4.69, 9.17) is 0 Å². The average Bonchev–Trinajstić information content (AvgIpc) is 2.94. The third kappa shape index (κ3) is 2.68. The number of hydrogen-bond donors (Lipinski definition) is 1. The minimum absolute atomic E-state index is 0.477. The molecule has 1 N–H and O–H groups in total. The second-order valence-corrected chi connectivity index (χ2v) is 6.21. The van der Waals surface area contributed by atoms with E-state index in [2.05, 4.69) is 39.9 Å². The number of nitrogens with zero attached hydrogens (tertiary/aromatic N) is 2. The Hall–Kier alpha value is -2.65. The van der Waals surface area contributed by atoms with E-state index in [9.17, 15) is 5.11 Å². The maximum absolute atomic E-state index is 10.6. The molecule has 0 aliphatic heterocycles. The molecule has 4 aromatic rings. The number of para-hydroxylation sites is 2. The predicted octanol–water partition coefficient (Wildman–Crippen LogP) is 4.62. The highest BCUT2D eigenvalue weighted by atomic mass is 16.3. The van der Waals surface area contributed by atoms with Crippen molar-refractivity contribution in [3.05, 3.63) is 78.1 Å². The summed E-state index contributed by atoms with van der Waals surface area (Å²) in [6.07, 6.45) is 0.190. The normalized spacial score (nSPS) is 12.8. The van der Waals surface area contributed by atoms with Crippen LogP contribution in [0.1, 0.15) is 23.9 Å². The molecule has 0 bridgehead atoms. The minimum atomic E-state index is -0.477. The minimum Gasteiger partial charge on any atom is -0.388 e. The molecular weight excluding hydrogens is 296 g/mol. The van der Waals surface area contributed by atoms with E-state index < -0.39 is 6.10 Å². The maximum atomic E-state index is 10.6. The van der Waals surface area contributed by atoms with Gasteiger partial charge in [0.1, 0.15) is 5.82 Å². The van der Waals surface area contributed by atoms with Gasteiger partial charge in [0.15, 0.2) is 0 Å². The average molecular weight is 316 g/mol. The molecule has 1 heterocycles. The van der Waals surface area contributed by atoms with Gasteiger partial charge in [-0.15, -0.1) is 0 Å². The van der Waals surface area contributed by atoms with Crippen LogP contribution in [0.4, 0.5) is 0 Å². The van der Waals surface area contributed by atoms with Crippen molar-refractivity contribution in [2.75, 3.05) is 0 Å². The molecule has 0 saturated heterocycles. The Morgan fingerprint density at radius 1 is 0.958 bits per heavy atom. The SMILES string of the molecule is Cc1nc2ccccc2n1CCC(O)c1ccc2ccccc2c1. The van der Waals surface area contributed by atoms with Crippen molar-refractivity contribution >= 4 is 21.8 Å². The summed E-state index contributed by atoms with van der Waals surface area (Å²) < 4.78 is 2.18. The van der Waals surface area contributed by atoms with E-state index in [-0.39, 0.29) is 0 Å². The lowest BCUT2D eigenvalue weighted by Gasteiger charge is -2.14. The van der Waals surface area contributed by atoms with Gasteiger partial charge in [0.05, 0.1) is 17.1 Å². The Kier molecular flexibility index (Phi) is 3.79. The van der Waals surface area contributed by atoms with Gasteiger partial charge in [-0.3, -0.25) is 0 Å². The third-order valence-electron chi connectivity index (χ3n) is 4.63. The smallest absolute Gasteiger partial charge is 0.106 e. The molecule has 3 aromatic carbocycles. The third-order valence-corrected chi connectivity index (χ3v) is 4.63. The van der Waals surface area contributed by atoms with Crippen LogP contribution in [-0.4, -0.2) is 14.7 Å². The highest BCUT2D eigenvalue weighted by Gasteiger charge is 2.11. The van der Waals surface area contributed by atoms with Crippen LogP contribution in [0.15, 0.2) is 66.7 Å². The maximum Gasteiger partial charge on any atom is 0.106 e. The second-order valence-electron chi connectivity index (χ2n) is 6.21. The molecular formula is C21H20N2O. The first kappa shape index (κ1) is 14.9. The zero-order valence-electron chi connectivity index (χ0n) is 13.7. The van der Waals surface area contributed by atoms with Crippen LogP contribution in [0, 0.1) is 6.92 Å². The van der Waals surface area contributed by atoms with Gasteiger partial charge in [0.25, 0.3) is 0 Å². The zero-order chi connectivity index (χ0) is 16.5. The molecule has 0 aliphatic rings. The molecule has 1 aromatic heterocycles.